The Hall–Kier alpha value is -4.71. The largest absolute Gasteiger partial charge is 0.489 e. The zero-order chi connectivity index (χ0) is 30.3. The van der Waals surface area contributed by atoms with Gasteiger partial charge >= 0.3 is 6.09 Å². The van der Waals surface area contributed by atoms with E-state index >= 15 is 0 Å². The zero-order valence-corrected chi connectivity index (χ0v) is 24.1. The molecule has 1 saturated heterocycles. The molecule has 2 amide bonds. The second kappa shape index (κ2) is 11.2. The summed E-state index contributed by atoms with van der Waals surface area (Å²) < 4.78 is 13.8. The van der Waals surface area contributed by atoms with Crippen LogP contribution in [-0.4, -0.2) is 66.6 Å². The number of hydrogen-bond donors (Lipinski definition) is 2. The second-order valence-corrected chi connectivity index (χ2v) is 11.5. The molecule has 2 atom stereocenters. The van der Waals surface area contributed by atoms with Crippen LogP contribution in [0, 0.1) is 0 Å². The average molecular weight is 587 g/mol. The highest BCUT2D eigenvalue weighted by atomic mass is 16.6. The lowest BCUT2D eigenvalue weighted by Gasteiger charge is -2.38. The fraction of sp³-hybridized carbons (Fsp3) is 0.387. The quantitative estimate of drug-likeness (QED) is 0.335. The first-order valence-electron chi connectivity index (χ1n) is 14.3. The molecule has 224 valence electrons. The van der Waals surface area contributed by atoms with Gasteiger partial charge in [0.25, 0.3) is 5.56 Å². The third-order valence-corrected chi connectivity index (χ3v) is 8.45. The molecule has 2 aliphatic rings. The molecule has 2 unspecified atom stereocenters. The normalized spacial score (nSPS) is 18.2. The van der Waals surface area contributed by atoms with E-state index in [-0.39, 0.29) is 36.1 Å². The molecule has 0 aliphatic carbocycles. The second-order valence-electron chi connectivity index (χ2n) is 11.5. The monoisotopic (exact) mass is 586 g/mol. The van der Waals surface area contributed by atoms with E-state index in [0.29, 0.717) is 60.4 Å². The summed E-state index contributed by atoms with van der Waals surface area (Å²) in [4.78, 5) is 44.2. The molecular formula is C31H34N6O6. The lowest BCUT2D eigenvalue weighted by Crippen LogP contribution is -2.49. The summed E-state index contributed by atoms with van der Waals surface area (Å²) in [5.74, 6) is 0.748. The van der Waals surface area contributed by atoms with Crippen molar-refractivity contribution in [3.63, 3.8) is 0 Å². The fourth-order valence-electron chi connectivity index (χ4n) is 6.04. The molecule has 4 heterocycles. The summed E-state index contributed by atoms with van der Waals surface area (Å²) in [5.41, 5.74) is 7.39. The van der Waals surface area contributed by atoms with Gasteiger partial charge in [0.05, 0.1) is 24.2 Å². The van der Waals surface area contributed by atoms with Gasteiger partial charge in [-0.15, -0.1) is 0 Å². The van der Waals surface area contributed by atoms with Gasteiger partial charge in [0.15, 0.2) is 11.6 Å². The van der Waals surface area contributed by atoms with Gasteiger partial charge in [0.1, 0.15) is 17.9 Å². The summed E-state index contributed by atoms with van der Waals surface area (Å²) in [5, 5.41) is 15.9. The van der Waals surface area contributed by atoms with Gasteiger partial charge < -0.3 is 25.2 Å². The van der Waals surface area contributed by atoms with Crippen molar-refractivity contribution >= 4 is 23.0 Å². The maximum absolute atomic E-state index is 13.5. The molecule has 3 N–H and O–H groups in total. The van der Waals surface area contributed by atoms with Crippen LogP contribution in [0.2, 0.25) is 0 Å². The summed E-state index contributed by atoms with van der Waals surface area (Å²) in [6.07, 6.45) is 1.01. The minimum atomic E-state index is -1.16. The molecule has 2 aliphatic heterocycles. The lowest BCUT2D eigenvalue weighted by molar-refractivity contribution is -0.136. The Balaban J connectivity index is 1.17. The SMILES string of the molecule is CC(CC(=O)N1CCC(O)(Cn2cnc3c(-c4ccc5c(c4)C(OC(N)=O)CO5)n(C)nc3c2=O)CC1)c1ccccc1. The number of primary amides is 1. The van der Waals surface area contributed by atoms with E-state index in [4.69, 9.17) is 15.2 Å². The van der Waals surface area contributed by atoms with Crippen LogP contribution in [-0.2, 0) is 23.1 Å². The van der Waals surface area contributed by atoms with Gasteiger partial charge in [0.2, 0.25) is 5.91 Å². The van der Waals surface area contributed by atoms with E-state index in [1.165, 1.54) is 10.9 Å². The van der Waals surface area contributed by atoms with Crippen molar-refractivity contribution < 1.29 is 24.2 Å². The molecule has 43 heavy (non-hydrogen) atoms. The number of benzene rings is 2. The molecule has 12 heteroatoms. The first-order valence-corrected chi connectivity index (χ1v) is 14.3. The van der Waals surface area contributed by atoms with E-state index in [1.54, 1.807) is 22.7 Å². The Morgan fingerprint density at radius 3 is 2.63 bits per heavy atom. The number of aliphatic hydroxyl groups is 1. The van der Waals surface area contributed by atoms with Gasteiger partial charge in [-0.05, 0) is 42.5 Å². The van der Waals surface area contributed by atoms with Crippen molar-refractivity contribution in [3.05, 3.63) is 76.3 Å². The molecular weight excluding hydrogens is 552 g/mol. The van der Waals surface area contributed by atoms with Crippen LogP contribution < -0.4 is 16.0 Å². The summed E-state index contributed by atoms with van der Waals surface area (Å²) >= 11 is 0. The molecule has 12 nitrogen and oxygen atoms in total. The fourth-order valence-corrected chi connectivity index (χ4v) is 6.04. The predicted molar refractivity (Wildman–Crippen MR) is 157 cm³/mol. The molecule has 0 bridgehead atoms. The lowest BCUT2D eigenvalue weighted by atomic mass is 9.90. The van der Waals surface area contributed by atoms with Gasteiger partial charge in [-0.3, -0.25) is 18.8 Å². The molecule has 1 fully saturated rings. The number of nitrogens with zero attached hydrogens (tertiary/aromatic N) is 5. The number of rotatable bonds is 7. The maximum atomic E-state index is 13.5. The van der Waals surface area contributed by atoms with Crippen molar-refractivity contribution in [2.45, 2.75) is 50.4 Å². The van der Waals surface area contributed by atoms with Crippen molar-refractivity contribution in [1.82, 2.24) is 24.2 Å². The topological polar surface area (TPSA) is 155 Å². The number of carbonyl (C=O) groups is 2. The number of ether oxygens (including phenoxy) is 2. The number of hydrogen-bond acceptors (Lipinski definition) is 8. The number of nitrogens with two attached hydrogens (primary N) is 1. The van der Waals surface area contributed by atoms with Crippen LogP contribution in [0.1, 0.15) is 49.3 Å². The van der Waals surface area contributed by atoms with Gasteiger partial charge in [-0.25, -0.2) is 9.78 Å². The highest BCUT2D eigenvalue weighted by Gasteiger charge is 2.35. The van der Waals surface area contributed by atoms with Gasteiger partial charge in [-0.2, -0.15) is 5.10 Å². The Morgan fingerprint density at radius 2 is 1.91 bits per heavy atom. The number of piperidine rings is 1. The van der Waals surface area contributed by atoms with Crippen molar-refractivity contribution in [1.29, 1.82) is 0 Å². The number of aromatic nitrogens is 4. The Bertz CT molecular complexity index is 1740. The molecule has 0 saturated carbocycles. The standard InChI is InChI=1S/C31H34N6O6/c1-19(20-6-4-3-5-7-20)14-25(38)36-12-10-31(41,11-13-36)17-37-18-33-26-27(29(37)39)34-35(2)28(26)21-8-9-23-22(15-21)24(16-42-23)43-30(32)40/h3-9,15,18-19,24,41H,10-14,16-17H2,1-2H3,(H2,32,40). The third kappa shape index (κ3) is 5.57. The van der Waals surface area contributed by atoms with Crippen LogP contribution in [0.15, 0.2) is 59.7 Å². The highest BCUT2D eigenvalue weighted by Crippen LogP contribution is 2.38. The van der Waals surface area contributed by atoms with E-state index in [0.717, 1.165) is 5.56 Å². The molecule has 0 spiro atoms. The smallest absolute Gasteiger partial charge is 0.405 e. The van der Waals surface area contributed by atoms with E-state index in [9.17, 15) is 19.5 Å². The van der Waals surface area contributed by atoms with Crippen LogP contribution in [0.3, 0.4) is 0 Å². The predicted octanol–water partition coefficient (Wildman–Crippen LogP) is 2.87. The van der Waals surface area contributed by atoms with Crippen LogP contribution >= 0.6 is 0 Å². The van der Waals surface area contributed by atoms with Crippen molar-refractivity contribution in [3.8, 4) is 17.0 Å². The van der Waals surface area contributed by atoms with Crippen LogP contribution in [0.25, 0.3) is 22.3 Å². The van der Waals surface area contributed by atoms with Crippen LogP contribution in [0.5, 0.6) is 5.75 Å². The number of amides is 2. The minimum Gasteiger partial charge on any atom is -0.489 e. The first kappa shape index (κ1) is 28.4. The Kier molecular flexibility index (Phi) is 7.38. The van der Waals surface area contributed by atoms with E-state index < -0.39 is 17.8 Å². The summed E-state index contributed by atoms with van der Waals surface area (Å²) in [6.45, 7) is 3.08. The van der Waals surface area contributed by atoms with Crippen LogP contribution in [0.4, 0.5) is 4.79 Å². The molecule has 2 aromatic heterocycles. The summed E-state index contributed by atoms with van der Waals surface area (Å²) in [7, 11) is 1.72. The van der Waals surface area contributed by atoms with Gasteiger partial charge in [0, 0.05) is 37.7 Å². The number of likely N-dealkylation sites (tertiary alicyclic amines) is 1. The number of aryl methyl sites for hydroxylation is 1. The van der Waals surface area contributed by atoms with Crippen molar-refractivity contribution in [2.75, 3.05) is 19.7 Å². The number of carbonyl (C=O) groups excluding carboxylic acids is 2. The van der Waals surface area contributed by atoms with E-state index in [1.807, 2.05) is 49.4 Å². The third-order valence-electron chi connectivity index (χ3n) is 8.45. The van der Waals surface area contributed by atoms with Crippen molar-refractivity contribution in [2.24, 2.45) is 12.8 Å². The average Bonchev–Trinajstić information content (AvgIpc) is 3.54. The molecule has 4 aromatic rings. The van der Waals surface area contributed by atoms with Gasteiger partial charge in [-0.1, -0.05) is 37.3 Å². The zero-order valence-electron chi connectivity index (χ0n) is 24.1. The maximum Gasteiger partial charge on any atom is 0.405 e. The molecule has 2 aromatic carbocycles. The highest BCUT2D eigenvalue weighted by molar-refractivity contribution is 5.89. The minimum absolute atomic E-state index is 0.0471. The molecule has 0 radical (unpaired) electrons. The Morgan fingerprint density at radius 1 is 1.16 bits per heavy atom. The summed E-state index contributed by atoms with van der Waals surface area (Å²) in [6, 6.07) is 15.4. The molecule has 6 rings (SSSR count). The first-order chi connectivity index (χ1) is 20.6. The number of fused-ring (bicyclic) bond motifs is 2. The van der Waals surface area contributed by atoms with E-state index in [2.05, 4.69) is 10.1 Å². The Labute approximate surface area is 247 Å².